The topological polar surface area (TPSA) is 42.2 Å². The second-order valence-electron chi connectivity index (χ2n) is 4.13. The summed E-state index contributed by atoms with van der Waals surface area (Å²) in [6.45, 7) is 2.04. The quantitative estimate of drug-likeness (QED) is 0.859. The molecule has 0 saturated carbocycles. The van der Waals surface area contributed by atoms with E-state index in [1.54, 1.807) is 6.20 Å². The fourth-order valence-electron chi connectivity index (χ4n) is 1.83. The second kappa shape index (κ2) is 5.14. The summed E-state index contributed by atoms with van der Waals surface area (Å²) in [5.41, 5.74) is 9.82. The molecule has 0 unspecified atom stereocenters. The highest BCUT2D eigenvalue weighted by Gasteiger charge is 2.06. The van der Waals surface area contributed by atoms with E-state index in [0.717, 1.165) is 22.5 Å². The van der Waals surface area contributed by atoms with Crippen molar-refractivity contribution in [2.75, 3.05) is 11.9 Å². The van der Waals surface area contributed by atoms with Crippen molar-refractivity contribution in [2.24, 2.45) is 5.73 Å². The maximum Gasteiger partial charge on any atom is 0.103 e. The van der Waals surface area contributed by atoms with E-state index in [1.807, 2.05) is 50.5 Å². The fourth-order valence-corrected chi connectivity index (χ4v) is 1.97. The molecule has 0 amide bonds. The van der Waals surface area contributed by atoms with E-state index in [9.17, 15) is 0 Å². The van der Waals surface area contributed by atoms with Crippen molar-refractivity contribution in [1.82, 2.24) is 4.98 Å². The number of nitrogens with zero attached hydrogens (tertiary/aromatic N) is 2. The third-order valence-corrected chi connectivity index (χ3v) is 3.13. The molecule has 18 heavy (non-hydrogen) atoms. The van der Waals surface area contributed by atoms with Gasteiger partial charge in [-0.1, -0.05) is 12.2 Å². The normalized spacial score (nSPS) is 10.1. The van der Waals surface area contributed by atoms with E-state index in [1.165, 1.54) is 0 Å². The standard InChI is InChI=1S/C14H15N3S/c1-10-9-16-8-7-13(10)17(2)12-5-3-11(4-6-12)14(15)18/h3-9H,1-2H3,(H2,15,18). The zero-order valence-electron chi connectivity index (χ0n) is 10.4. The van der Waals surface area contributed by atoms with Crippen LogP contribution in [-0.2, 0) is 0 Å². The van der Waals surface area contributed by atoms with E-state index < -0.39 is 0 Å². The molecule has 0 saturated heterocycles. The van der Waals surface area contributed by atoms with Gasteiger partial charge < -0.3 is 10.6 Å². The molecule has 1 aromatic carbocycles. The highest BCUT2D eigenvalue weighted by atomic mass is 32.1. The summed E-state index contributed by atoms with van der Waals surface area (Å²) >= 11 is 4.94. The first-order chi connectivity index (χ1) is 8.59. The molecule has 92 valence electrons. The van der Waals surface area contributed by atoms with Gasteiger partial charge in [-0.2, -0.15) is 0 Å². The van der Waals surface area contributed by atoms with E-state index in [2.05, 4.69) is 9.88 Å². The summed E-state index contributed by atoms with van der Waals surface area (Å²) in [4.78, 5) is 6.63. The molecule has 2 rings (SSSR count). The Hall–Kier alpha value is -1.94. The molecule has 0 aliphatic carbocycles. The first-order valence-corrected chi connectivity index (χ1v) is 6.04. The molecular formula is C14H15N3S. The van der Waals surface area contributed by atoms with Crippen molar-refractivity contribution >= 4 is 28.6 Å². The van der Waals surface area contributed by atoms with E-state index >= 15 is 0 Å². The van der Waals surface area contributed by atoms with Gasteiger partial charge in [-0.3, -0.25) is 4.98 Å². The highest BCUT2D eigenvalue weighted by Crippen LogP contribution is 2.25. The number of anilines is 2. The highest BCUT2D eigenvalue weighted by molar-refractivity contribution is 7.80. The van der Waals surface area contributed by atoms with Gasteiger partial charge in [-0.15, -0.1) is 0 Å². The van der Waals surface area contributed by atoms with Crippen LogP contribution in [0.15, 0.2) is 42.7 Å². The third-order valence-electron chi connectivity index (χ3n) is 2.89. The minimum atomic E-state index is 0.421. The van der Waals surface area contributed by atoms with Crippen LogP contribution in [-0.4, -0.2) is 17.0 Å². The molecule has 0 aliphatic rings. The molecule has 3 nitrogen and oxygen atoms in total. The Kier molecular flexibility index (Phi) is 3.58. The summed E-state index contributed by atoms with van der Waals surface area (Å²) < 4.78 is 0. The molecule has 0 aliphatic heterocycles. The van der Waals surface area contributed by atoms with Crippen LogP contribution in [0.1, 0.15) is 11.1 Å². The minimum Gasteiger partial charge on any atom is -0.389 e. The molecule has 2 aromatic rings. The van der Waals surface area contributed by atoms with E-state index in [0.29, 0.717) is 4.99 Å². The molecule has 1 heterocycles. The molecule has 0 radical (unpaired) electrons. The van der Waals surface area contributed by atoms with Crippen molar-refractivity contribution < 1.29 is 0 Å². The molecule has 0 bridgehead atoms. The second-order valence-corrected chi connectivity index (χ2v) is 4.57. The van der Waals surface area contributed by atoms with Crippen molar-refractivity contribution in [2.45, 2.75) is 6.92 Å². The van der Waals surface area contributed by atoms with Gasteiger partial charge in [-0.05, 0) is 42.8 Å². The molecule has 0 spiro atoms. The smallest absolute Gasteiger partial charge is 0.103 e. The summed E-state index contributed by atoms with van der Waals surface area (Å²) in [5.74, 6) is 0. The van der Waals surface area contributed by atoms with Gasteiger partial charge in [0, 0.05) is 36.4 Å². The van der Waals surface area contributed by atoms with Crippen LogP contribution in [0, 0.1) is 6.92 Å². The van der Waals surface area contributed by atoms with Crippen LogP contribution in [0.2, 0.25) is 0 Å². The Morgan fingerprint density at radius 1 is 1.22 bits per heavy atom. The van der Waals surface area contributed by atoms with Crippen LogP contribution in [0.5, 0.6) is 0 Å². The third kappa shape index (κ3) is 2.49. The lowest BCUT2D eigenvalue weighted by atomic mass is 10.1. The summed E-state index contributed by atoms with van der Waals surface area (Å²) in [6, 6.07) is 9.88. The maximum absolute atomic E-state index is 5.58. The zero-order chi connectivity index (χ0) is 13.1. The SMILES string of the molecule is Cc1cnccc1N(C)c1ccc(C(N)=S)cc1. The van der Waals surface area contributed by atoms with Crippen molar-refractivity contribution in [3.8, 4) is 0 Å². The van der Waals surface area contributed by atoms with Gasteiger partial charge in [0.25, 0.3) is 0 Å². The molecule has 0 atom stereocenters. The van der Waals surface area contributed by atoms with Crippen LogP contribution < -0.4 is 10.6 Å². The lowest BCUT2D eigenvalue weighted by molar-refractivity contribution is 1.15. The average Bonchev–Trinajstić information content (AvgIpc) is 2.38. The lowest BCUT2D eigenvalue weighted by Gasteiger charge is -2.21. The lowest BCUT2D eigenvalue weighted by Crippen LogP contribution is -2.12. The summed E-state index contributed by atoms with van der Waals surface area (Å²) in [5, 5.41) is 0. The predicted octanol–water partition coefficient (Wildman–Crippen LogP) is 2.79. The number of hydrogen-bond donors (Lipinski definition) is 1. The molecular weight excluding hydrogens is 242 g/mol. The Morgan fingerprint density at radius 2 is 1.89 bits per heavy atom. The van der Waals surface area contributed by atoms with Gasteiger partial charge in [0.2, 0.25) is 0 Å². The van der Waals surface area contributed by atoms with Gasteiger partial charge in [0.05, 0.1) is 0 Å². The van der Waals surface area contributed by atoms with Gasteiger partial charge >= 0.3 is 0 Å². The van der Waals surface area contributed by atoms with E-state index in [-0.39, 0.29) is 0 Å². The van der Waals surface area contributed by atoms with Crippen molar-refractivity contribution in [3.63, 3.8) is 0 Å². The molecule has 1 aromatic heterocycles. The number of thiocarbonyl (C=S) groups is 1. The number of aryl methyl sites for hydroxylation is 1. The van der Waals surface area contributed by atoms with Crippen LogP contribution in [0.4, 0.5) is 11.4 Å². The summed E-state index contributed by atoms with van der Waals surface area (Å²) in [6.07, 6.45) is 3.65. The Labute approximate surface area is 112 Å². The fraction of sp³-hybridized carbons (Fsp3) is 0.143. The average molecular weight is 257 g/mol. The number of nitrogens with two attached hydrogens (primary N) is 1. The predicted molar refractivity (Wildman–Crippen MR) is 79.4 cm³/mol. The number of hydrogen-bond acceptors (Lipinski definition) is 3. The first-order valence-electron chi connectivity index (χ1n) is 5.64. The Morgan fingerprint density at radius 3 is 2.44 bits per heavy atom. The summed E-state index contributed by atoms with van der Waals surface area (Å²) in [7, 11) is 2.03. The maximum atomic E-state index is 5.58. The minimum absolute atomic E-state index is 0.421. The first kappa shape index (κ1) is 12.5. The van der Waals surface area contributed by atoms with Gasteiger partial charge in [0.1, 0.15) is 4.99 Å². The van der Waals surface area contributed by atoms with Crippen molar-refractivity contribution in [1.29, 1.82) is 0 Å². The largest absolute Gasteiger partial charge is 0.389 e. The number of pyridine rings is 1. The van der Waals surface area contributed by atoms with Crippen LogP contribution in [0.3, 0.4) is 0 Å². The van der Waals surface area contributed by atoms with E-state index in [4.69, 9.17) is 18.0 Å². The van der Waals surface area contributed by atoms with Gasteiger partial charge in [0.15, 0.2) is 0 Å². The monoisotopic (exact) mass is 257 g/mol. The zero-order valence-corrected chi connectivity index (χ0v) is 11.2. The number of benzene rings is 1. The van der Waals surface area contributed by atoms with Gasteiger partial charge in [-0.25, -0.2) is 0 Å². The molecule has 4 heteroatoms. The van der Waals surface area contributed by atoms with Crippen LogP contribution in [0.25, 0.3) is 0 Å². The molecule has 2 N–H and O–H groups in total. The Bertz CT molecular complexity index is 564. The van der Waals surface area contributed by atoms with Crippen LogP contribution >= 0.6 is 12.2 Å². The number of rotatable bonds is 3. The van der Waals surface area contributed by atoms with Crippen molar-refractivity contribution in [3.05, 3.63) is 53.9 Å². The molecule has 0 fully saturated rings. The number of aromatic nitrogens is 1. The Balaban J connectivity index is 2.32.